The van der Waals surface area contributed by atoms with Crippen LogP contribution in [0.1, 0.15) is 55.6 Å². The van der Waals surface area contributed by atoms with Gasteiger partial charge in [0.2, 0.25) is 0 Å². The first-order chi connectivity index (χ1) is 12.9. The Morgan fingerprint density at radius 1 is 1.19 bits per heavy atom. The summed E-state index contributed by atoms with van der Waals surface area (Å²) in [4.78, 5) is 24.3. The van der Waals surface area contributed by atoms with Crippen LogP contribution in [0, 0.1) is 0 Å². The number of aromatic nitrogens is 3. The van der Waals surface area contributed by atoms with E-state index >= 15 is 0 Å². The van der Waals surface area contributed by atoms with E-state index in [9.17, 15) is 9.59 Å². The molecule has 0 spiro atoms. The van der Waals surface area contributed by atoms with E-state index in [1.54, 1.807) is 24.3 Å². The lowest BCUT2D eigenvalue weighted by molar-refractivity contribution is 0.0911. The number of benzene rings is 1. The molecule has 0 unspecified atom stereocenters. The van der Waals surface area contributed by atoms with Crippen LogP contribution in [0.4, 0.5) is 10.5 Å². The number of carbonyl (C=O) groups is 2. The van der Waals surface area contributed by atoms with Crippen LogP contribution in [0.25, 0.3) is 0 Å². The standard InChI is InChI=1S/C19H26N6O2/c1-4-19(2,3)22-17(26)13-7-9-14(10-8-13)21-18(27)20-12-16-24-23-15-6-5-11-25(15)16/h7-10H,4-6,11-12H2,1-3H3,(H,22,26)(H2,20,21,27). The Balaban J connectivity index is 1.51. The van der Waals surface area contributed by atoms with Gasteiger partial charge in [0, 0.05) is 29.8 Å². The second-order valence-corrected chi connectivity index (χ2v) is 7.36. The molecule has 0 saturated carbocycles. The van der Waals surface area contributed by atoms with Crippen LogP contribution >= 0.6 is 0 Å². The lowest BCUT2D eigenvalue weighted by Gasteiger charge is -2.24. The first kappa shape index (κ1) is 18.9. The van der Waals surface area contributed by atoms with Crippen LogP contribution in [-0.2, 0) is 19.5 Å². The number of fused-ring (bicyclic) bond motifs is 1. The van der Waals surface area contributed by atoms with E-state index in [2.05, 4.69) is 26.1 Å². The van der Waals surface area contributed by atoms with Crippen LogP contribution in [-0.4, -0.2) is 32.2 Å². The highest BCUT2D eigenvalue weighted by Gasteiger charge is 2.19. The van der Waals surface area contributed by atoms with Crippen molar-refractivity contribution in [1.29, 1.82) is 0 Å². The molecule has 2 heterocycles. The third-order valence-corrected chi connectivity index (χ3v) is 4.83. The zero-order valence-corrected chi connectivity index (χ0v) is 16.0. The van der Waals surface area contributed by atoms with Gasteiger partial charge in [0.05, 0.1) is 6.54 Å². The minimum Gasteiger partial charge on any atom is -0.347 e. The summed E-state index contributed by atoms with van der Waals surface area (Å²) in [7, 11) is 0. The van der Waals surface area contributed by atoms with Crippen LogP contribution in [0.5, 0.6) is 0 Å². The van der Waals surface area contributed by atoms with E-state index in [1.165, 1.54) is 0 Å². The van der Waals surface area contributed by atoms with Crippen molar-refractivity contribution in [3.8, 4) is 0 Å². The largest absolute Gasteiger partial charge is 0.347 e. The predicted molar refractivity (Wildman–Crippen MR) is 102 cm³/mol. The number of nitrogens with one attached hydrogen (secondary N) is 3. The average Bonchev–Trinajstić information content (AvgIpc) is 3.24. The summed E-state index contributed by atoms with van der Waals surface area (Å²) in [6.07, 6.45) is 2.85. The molecule has 1 aliphatic rings. The lowest BCUT2D eigenvalue weighted by atomic mass is 10.0. The first-order valence-electron chi connectivity index (χ1n) is 9.26. The second kappa shape index (κ2) is 7.77. The highest BCUT2D eigenvalue weighted by atomic mass is 16.2. The molecule has 27 heavy (non-hydrogen) atoms. The summed E-state index contributed by atoms with van der Waals surface area (Å²) >= 11 is 0. The zero-order chi connectivity index (χ0) is 19.4. The van der Waals surface area contributed by atoms with Gasteiger partial charge >= 0.3 is 6.03 Å². The number of rotatable bonds is 6. The minimum atomic E-state index is -0.324. The van der Waals surface area contributed by atoms with E-state index in [0.29, 0.717) is 17.8 Å². The normalized spacial score (nSPS) is 13.1. The number of anilines is 1. The number of carbonyl (C=O) groups excluding carboxylic acids is 2. The van der Waals surface area contributed by atoms with Crippen molar-refractivity contribution >= 4 is 17.6 Å². The Labute approximate surface area is 158 Å². The monoisotopic (exact) mass is 370 g/mol. The van der Waals surface area contributed by atoms with E-state index in [-0.39, 0.29) is 17.5 Å². The third kappa shape index (κ3) is 4.64. The summed E-state index contributed by atoms with van der Waals surface area (Å²) in [6, 6.07) is 6.49. The van der Waals surface area contributed by atoms with Crippen molar-refractivity contribution in [2.24, 2.45) is 0 Å². The fraction of sp³-hybridized carbons (Fsp3) is 0.474. The summed E-state index contributed by atoms with van der Waals surface area (Å²) < 4.78 is 2.05. The molecule has 8 heteroatoms. The van der Waals surface area contributed by atoms with E-state index in [1.807, 2.05) is 25.3 Å². The molecule has 2 aromatic rings. The maximum atomic E-state index is 12.3. The Bertz CT molecular complexity index is 825. The molecular formula is C19H26N6O2. The average molecular weight is 370 g/mol. The summed E-state index contributed by atoms with van der Waals surface area (Å²) in [5.74, 6) is 1.62. The van der Waals surface area contributed by atoms with E-state index in [0.717, 1.165) is 37.5 Å². The molecular weight excluding hydrogens is 344 g/mol. The van der Waals surface area contributed by atoms with Gasteiger partial charge in [-0.25, -0.2) is 4.79 Å². The van der Waals surface area contributed by atoms with Crippen LogP contribution in [0.15, 0.2) is 24.3 Å². The number of urea groups is 1. The number of amides is 3. The van der Waals surface area contributed by atoms with Gasteiger partial charge < -0.3 is 20.5 Å². The van der Waals surface area contributed by atoms with Crippen molar-refractivity contribution in [2.75, 3.05) is 5.32 Å². The van der Waals surface area contributed by atoms with Crippen molar-refractivity contribution in [1.82, 2.24) is 25.4 Å². The van der Waals surface area contributed by atoms with E-state index < -0.39 is 0 Å². The van der Waals surface area contributed by atoms with Crippen molar-refractivity contribution in [3.05, 3.63) is 41.5 Å². The number of aryl methyl sites for hydroxylation is 1. The summed E-state index contributed by atoms with van der Waals surface area (Å²) in [5, 5.41) is 16.8. The summed E-state index contributed by atoms with van der Waals surface area (Å²) in [6.45, 7) is 7.22. The Morgan fingerprint density at radius 3 is 2.63 bits per heavy atom. The quantitative estimate of drug-likeness (QED) is 0.727. The molecule has 144 valence electrons. The van der Waals surface area contributed by atoms with Crippen molar-refractivity contribution in [2.45, 2.75) is 58.7 Å². The molecule has 3 N–H and O–H groups in total. The molecule has 1 aliphatic heterocycles. The molecule has 1 aromatic heterocycles. The fourth-order valence-electron chi connectivity index (χ4n) is 2.85. The van der Waals surface area contributed by atoms with Gasteiger partial charge in [-0.05, 0) is 51.0 Å². The van der Waals surface area contributed by atoms with Crippen LogP contribution in [0.3, 0.4) is 0 Å². The maximum absolute atomic E-state index is 12.3. The molecule has 0 saturated heterocycles. The molecule has 0 bridgehead atoms. The van der Waals surface area contributed by atoms with Gasteiger partial charge in [0.25, 0.3) is 5.91 Å². The zero-order valence-electron chi connectivity index (χ0n) is 16.0. The van der Waals surface area contributed by atoms with Crippen LogP contribution in [0.2, 0.25) is 0 Å². The van der Waals surface area contributed by atoms with Crippen LogP contribution < -0.4 is 16.0 Å². The van der Waals surface area contributed by atoms with Gasteiger partial charge in [-0.2, -0.15) is 0 Å². The molecule has 3 rings (SSSR count). The number of hydrogen-bond acceptors (Lipinski definition) is 4. The van der Waals surface area contributed by atoms with E-state index in [4.69, 9.17) is 0 Å². The molecule has 0 radical (unpaired) electrons. The SMILES string of the molecule is CCC(C)(C)NC(=O)c1ccc(NC(=O)NCc2nnc3n2CCC3)cc1. The highest BCUT2D eigenvalue weighted by Crippen LogP contribution is 2.14. The number of hydrogen-bond donors (Lipinski definition) is 3. The minimum absolute atomic E-state index is 0.126. The smallest absolute Gasteiger partial charge is 0.319 e. The van der Waals surface area contributed by atoms with Gasteiger partial charge in [0.15, 0.2) is 5.82 Å². The third-order valence-electron chi connectivity index (χ3n) is 4.83. The summed E-state index contributed by atoms with van der Waals surface area (Å²) in [5.41, 5.74) is 0.919. The van der Waals surface area contributed by atoms with Crippen molar-refractivity contribution < 1.29 is 9.59 Å². The van der Waals surface area contributed by atoms with Crippen molar-refractivity contribution in [3.63, 3.8) is 0 Å². The molecule has 8 nitrogen and oxygen atoms in total. The fourth-order valence-corrected chi connectivity index (χ4v) is 2.85. The molecule has 0 atom stereocenters. The van der Waals surface area contributed by atoms with Gasteiger partial charge in [-0.15, -0.1) is 10.2 Å². The highest BCUT2D eigenvalue weighted by molar-refractivity contribution is 5.95. The van der Waals surface area contributed by atoms with Gasteiger partial charge in [0.1, 0.15) is 5.82 Å². The first-order valence-corrected chi connectivity index (χ1v) is 9.26. The maximum Gasteiger partial charge on any atom is 0.319 e. The topological polar surface area (TPSA) is 101 Å². The molecule has 0 fully saturated rings. The molecule has 1 aromatic carbocycles. The molecule has 3 amide bonds. The van der Waals surface area contributed by atoms with Gasteiger partial charge in [-0.3, -0.25) is 4.79 Å². The number of nitrogens with zero attached hydrogens (tertiary/aromatic N) is 3. The van der Waals surface area contributed by atoms with Gasteiger partial charge in [-0.1, -0.05) is 6.92 Å². The molecule has 0 aliphatic carbocycles. The predicted octanol–water partition coefficient (Wildman–Crippen LogP) is 2.46. The Morgan fingerprint density at radius 2 is 1.93 bits per heavy atom. The lowest BCUT2D eigenvalue weighted by Crippen LogP contribution is -2.42. The Kier molecular flexibility index (Phi) is 5.43. The second-order valence-electron chi connectivity index (χ2n) is 7.36. The Hall–Kier alpha value is -2.90.